The molecule has 3 aromatic rings. The van der Waals surface area contributed by atoms with E-state index in [0.29, 0.717) is 0 Å². The Morgan fingerprint density at radius 3 is 2.52 bits per heavy atom. The second-order valence-corrected chi connectivity index (χ2v) is 6.87. The standard InChI is InChI=1S/C16H17N3S2/c1-3-12-9-10-13(20-12)15-18-19-16(21-15)14(17-2)11-7-5-4-6-8-11/h4-10,14,17H,3H2,1-2H3. The lowest BCUT2D eigenvalue weighted by Crippen LogP contribution is -2.17. The molecule has 108 valence electrons. The van der Waals surface area contributed by atoms with E-state index in [2.05, 4.69) is 58.8 Å². The topological polar surface area (TPSA) is 37.8 Å². The van der Waals surface area contributed by atoms with E-state index in [4.69, 9.17) is 0 Å². The summed E-state index contributed by atoms with van der Waals surface area (Å²) in [5.74, 6) is 0. The lowest BCUT2D eigenvalue weighted by Gasteiger charge is -2.12. The van der Waals surface area contributed by atoms with E-state index in [0.717, 1.165) is 16.4 Å². The van der Waals surface area contributed by atoms with Gasteiger partial charge in [0.25, 0.3) is 0 Å². The van der Waals surface area contributed by atoms with Crippen LogP contribution >= 0.6 is 22.7 Å². The number of aromatic nitrogens is 2. The van der Waals surface area contributed by atoms with Gasteiger partial charge in [0.2, 0.25) is 0 Å². The highest BCUT2D eigenvalue weighted by atomic mass is 32.1. The molecule has 5 heteroatoms. The quantitative estimate of drug-likeness (QED) is 0.769. The van der Waals surface area contributed by atoms with E-state index < -0.39 is 0 Å². The number of thiophene rings is 1. The first-order valence-electron chi connectivity index (χ1n) is 6.96. The zero-order valence-electron chi connectivity index (χ0n) is 12.0. The van der Waals surface area contributed by atoms with Crippen LogP contribution in [0.5, 0.6) is 0 Å². The van der Waals surface area contributed by atoms with E-state index in [-0.39, 0.29) is 6.04 Å². The summed E-state index contributed by atoms with van der Waals surface area (Å²) in [6, 6.07) is 14.8. The molecular formula is C16H17N3S2. The minimum absolute atomic E-state index is 0.100. The van der Waals surface area contributed by atoms with E-state index in [1.165, 1.54) is 15.3 Å². The van der Waals surface area contributed by atoms with Gasteiger partial charge < -0.3 is 5.32 Å². The van der Waals surface area contributed by atoms with Gasteiger partial charge in [0.1, 0.15) is 5.01 Å². The van der Waals surface area contributed by atoms with Gasteiger partial charge in [0, 0.05) is 4.88 Å². The molecule has 21 heavy (non-hydrogen) atoms. The van der Waals surface area contributed by atoms with Crippen LogP contribution < -0.4 is 5.32 Å². The van der Waals surface area contributed by atoms with E-state index in [1.807, 2.05) is 13.1 Å². The van der Waals surface area contributed by atoms with Gasteiger partial charge in [-0.1, -0.05) is 48.6 Å². The van der Waals surface area contributed by atoms with Crippen LogP contribution in [0.25, 0.3) is 9.88 Å². The normalized spacial score (nSPS) is 12.5. The molecule has 2 aromatic heterocycles. The average molecular weight is 315 g/mol. The van der Waals surface area contributed by atoms with Gasteiger partial charge in [-0.3, -0.25) is 0 Å². The molecule has 0 radical (unpaired) electrons. The van der Waals surface area contributed by atoms with E-state index in [1.54, 1.807) is 22.7 Å². The zero-order valence-corrected chi connectivity index (χ0v) is 13.7. The molecule has 3 rings (SSSR count). The van der Waals surface area contributed by atoms with Crippen LogP contribution in [0.2, 0.25) is 0 Å². The van der Waals surface area contributed by atoms with Crippen molar-refractivity contribution in [1.29, 1.82) is 0 Å². The van der Waals surface area contributed by atoms with Crippen LogP contribution in [-0.2, 0) is 6.42 Å². The lowest BCUT2D eigenvalue weighted by molar-refractivity contribution is 0.678. The highest BCUT2D eigenvalue weighted by Gasteiger charge is 2.18. The summed E-state index contributed by atoms with van der Waals surface area (Å²) in [7, 11) is 1.96. The molecule has 1 aromatic carbocycles. The third kappa shape index (κ3) is 3.05. The maximum atomic E-state index is 4.39. The molecule has 0 amide bonds. The second-order valence-electron chi connectivity index (χ2n) is 4.70. The molecule has 3 nitrogen and oxygen atoms in total. The number of nitrogens with one attached hydrogen (secondary N) is 1. The number of nitrogens with zero attached hydrogens (tertiary/aromatic N) is 2. The SMILES string of the molecule is CCc1ccc(-c2nnc(C(NC)c3ccccc3)s2)s1. The monoisotopic (exact) mass is 315 g/mol. The average Bonchev–Trinajstić information content (AvgIpc) is 3.18. The van der Waals surface area contributed by atoms with E-state index in [9.17, 15) is 0 Å². The Kier molecular flexibility index (Phi) is 4.43. The molecule has 0 saturated carbocycles. The molecule has 1 atom stereocenters. The molecule has 0 spiro atoms. The summed E-state index contributed by atoms with van der Waals surface area (Å²) < 4.78 is 0. The second kappa shape index (κ2) is 6.47. The van der Waals surface area contributed by atoms with Gasteiger partial charge in [-0.15, -0.1) is 21.5 Å². The number of hydrogen-bond acceptors (Lipinski definition) is 5. The van der Waals surface area contributed by atoms with Crippen molar-refractivity contribution in [3.05, 3.63) is 57.9 Å². The number of rotatable bonds is 5. The molecule has 0 aliphatic carbocycles. The zero-order chi connectivity index (χ0) is 14.7. The molecule has 2 heterocycles. The first-order valence-corrected chi connectivity index (χ1v) is 8.59. The van der Waals surface area contributed by atoms with Gasteiger partial charge in [-0.25, -0.2) is 0 Å². The molecule has 0 saturated heterocycles. The van der Waals surface area contributed by atoms with Gasteiger partial charge in [0.15, 0.2) is 5.01 Å². The highest BCUT2D eigenvalue weighted by Crippen LogP contribution is 2.33. The van der Waals surface area contributed by atoms with Gasteiger partial charge in [-0.2, -0.15) is 0 Å². The van der Waals surface area contributed by atoms with Crippen molar-refractivity contribution in [2.24, 2.45) is 0 Å². The Hall–Kier alpha value is -1.56. The fraction of sp³-hybridized carbons (Fsp3) is 0.250. The number of aryl methyl sites for hydroxylation is 1. The summed E-state index contributed by atoms with van der Waals surface area (Å²) in [5, 5.41) is 14.1. The van der Waals surface area contributed by atoms with Crippen molar-refractivity contribution in [3.63, 3.8) is 0 Å². The van der Waals surface area contributed by atoms with Gasteiger partial charge in [0.05, 0.1) is 10.9 Å². The first kappa shape index (κ1) is 14.4. The van der Waals surface area contributed by atoms with Crippen molar-refractivity contribution in [2.45, 2.75) is 19.4 Å². The Labute approximate surface area is 132 Å². The molecular weight excluding hydrogens is 298 g/mol. The minimum atomic E-state index is 0.100. The molecule has 0 fully saturated rings. The third-order valence-corrected chi connectivity index (χ3v) is 5.72. The Bertz CT molecular complexity index is 703. The van der Waals surface area contributed by atoms with Crippen LogP contribution in [0.4, 0.5) is 0 Å². The fourth-order valence-electron chi connectivity index (χ4n) is 2.21. The van der Waals surface area contributed by atoms with Crippen LogP contribution in [0, 0.1) is 0 Å². The van der Waals surface area contributed by atoms with Crippen LogP contribution in [0.1, 0.15) is 28.4 Å². The van der Waals surface area contributed by atoms with E-state index >= 15 is 0 Å². The number of hydrogen-bond donors (Lipinski definition) is 1. The molecule has 0 bridgehead atoms. The largest absolute Gasteiger partial charge is 0.307 e. The molecule has 1 N–H and O–H groups in total. The Morgan fingerprint density at radius 2 is 1.86 bits per heavy atom. The molecule has 0 aliphatic rings. The molecule has 1 unspecified atom stereocenters. The number of benzene rings is 1. The first-order chi connectivity index (χ1) is 10.3. The predicted molar refractivity (Wildman–Crippen MR) is 89.9 cm³/mol. The summed E-state index contributed by atoms with van der Waals surface area (Å²) >= 11 is 3.46. The van der Waals surface area contributed by atoms with Crippen molar-refractivity contribution in [2.75, 3.05) is 7.05 Å². The van der Waals surface area contributed by atoms with Crippen molar-refractivity contribution >= 4 is 22.7 Å². The summed E-state index contributed by atoms with van der Waals surface area (Å²) in [6.45, 7) is 2.17. The smallest absolute Gasteiger partial charge is 0.157 e. The predicted octanol–water partition coefficient (Wildman–Crippen LogP) is 4.14. The summed E-state index contributed by atoms with van der Waals surface area (Å²) in [6.07, 6.45) is 1.07. The van der Waals surface area contributed by atoms with Crippen molar-refractivity contribution in [1.82, 2.24) is 15.5 Å². The van der Waals surface area contributed by atoms with Gasteiger partial charge >= 0.3 is 0 Å². The fourth-order valence-corrected chi connectivity index (χ4v) is 4.19. The Morgan fingerprint density at radius 1 is 1.05 bits per heavy atom. The van der Waals surface area contributed by atoms with Crippen molar-refractivity contribution < 1.29 is 0 Å². The third-order valence-electron chi connectivity index (χ3n) is 3.33. The molecule has 0 aliphatic heterocycles. The van der Waals surface area contributed by atoms with Crippen molar-refractivity contribution in [3.8, 4) is 9.88 Å². The van der Waals surface area contributed by atoms with Crippen LogP contribution in [0.15, 0.2) is 42.5 Å². The maximum Gasteiger partial charge on any atom is 0.157 e. The minimum Gasteiger partial charge on any atom is -0.307 e. The van der Waals surface area contributed by atoms with Crippen LogP contribution in [0.3, 0.4) is 0 Å². The van der Waals surface area contributed by atoms with Gasteiger partial charge in [-0.05, 0) is 31.2 Å². The Balaban J connectivity index is 1.90. The lowest BCUT2D eigenvalue weighted by atomic mass is 10.1. The van der Waals surface area contributed by atoms with Crippen LogP contribution in [-0.4, -0.2) is 17.2 Å². The maximum absolute atomic E-state index is 4.39. The summed E-state index contributed by atoms with van der Waals surface area (Å²) in [5.41, 5.74) is 1.21. The summed E-state index contributed by atoms with van der Waals surface area (Å²) in [4.78, 5) is 2.59. The highest BCUT2D eigenvalue weighted by molar-refractivity contribution is 7.21.